The van der Waals surface area contributed by atoms with Crippen LogP contribution in [0.2, 0.25) is 0 Å². The number of hydrogen-bond donors (Lipinski definition) is 0. The van der Waals surface area contributed by atoms with E-state index in [-0.39, 0.29) is 0 Å². The molecule has 3 heteroatoms. The van der Waals surface area contributed by atoms with Crippen LogP contribution in [0.15, 0.2) is 199 Å². The van der Waals surface area contributed by atoms with E-state index in [0.717, 1.165) is 61.4 Å². The minimum Gasteiger partial charge on any atom is -0.456 e. The molecule has 51 heavy (non-hydrogen) atoms. The van der Waals surface area contributed by atoms with Crippen LogP contribution in [0.1, 0.15) is 0 Å². The van der Waals surface area contributed by atoms with Gasteiger partial charge in [0.1, 0.15) is 11.2 Å². The number of rotatable bonds is 6. The van der Waals surface area contributed by atoms with Gasteiger partial charge in [-0.05, 0) is 123 Å². The third-order valence-corrected chi connectivity index (χ3v) is 9.96. The van der Waals surface area contributed by atoms with Gasteiger partial charge in [-0.2, -0.15) is 0 Å². The Bertz CT molecular complexity index is 2860. The fourth-order valence-electron chi connectivity index (χ4n) is 7.51. The minimum atomic E-state index is 0.915. The van der Waals surface area contributed by atoms with Gasteiger partial charge >= 0.3 is 0 Å². The Morgan fingerprint density at radius 2 is 0.745 bits per heavy atom. The summed E-state index contributed by atoms with van der Waals surface area (Å²) in [4.78, 5) is 4.67. The van der Waals surface area contributed by atoms with Crippen molar-refractivity contribution < 1.29 is 4.42 Å². The molecule has 0 fully saturated rings. The average molecular weight is 653 g/mol. The molecule has 0 spiro atoms. The lowest BCUT2D eigenvalue weighted by molar-refractivity contribution is 0.669. The summed E-state index contributed by atoms with van der Waals surface area (Å²) >= 11 is 0. The summed E-state index contributed by atoms with van der Waals surface area (Å²) in [6, 6.07) is 69.3. The molecule has 0 radical (unpaired) electrons. The molecule has 0 aliphatic rings. The van der Waals surface area contributed by atoms with Crippen LogP contribution in [0.25, 0.3) is 54.3 Å². The molecule has 0 unspecified atom stereocenters. The Morgan fingerprint density at radius 3 is 1.45 bits per heavy atom. The second kappa shape index (κ2) is 11.9. The van der Waals surface area contributed by atoms with E-state index in [0.29, 0.717) is 0 Å². The molecule has 1 aromatic heterocycles. The summed E-state index contributed by atoms with van der Waals surface area (Å²) in [6.45, 7) is 0. The molecule has 0 saturated heterocycles. The van der Waals surface area contributed by atoms with E-state index in [2.05, 4.69) is 192 Å². The summed E-state index contributed by atoms with van der Waals surface area (Å²) < 4.78 is 6.24. The quantitative estimate of drug-likeness (QED) is 0.167. The molecule has 0 N–H and O–H groups in total. The number of hydrogen-bond acceptors (Lipinski definition) is 3. The third kappa shape index (κ3) is 5.06. The van der Waals surface area contributed by atoms with E-state index < -0.39 is 0 Å². The first-order chi connectivity index (χ1) is 25.3. The van der Waals surface area contributed by atoms with Gasteiger partial charge in [0.25, 0.3) is 0 Å². The van der Waals surface area contributed by atoms with Crippen LogP contribution in [0.5, 0.6) is 0 Å². The molecular weight excluding hydrogens is 621 g/mol. The number of para-hydroxylation sites is 3. The van der Waals surface area contributed by atoms with E-state index in [1.165, 1.54) is 26.9 Å². The fraction of sp³-hybridized carbons (Fsp3) is 0. The van der Waals surface area contributed by atoms with Crippen LogP contribution < -0.4 is 9.80 Å². The highest BCUT2D eigenvalue weighted by molar-refractivity contribution is 6.17. The third-order valence-electron chi connectivity index (χ3n) is 9.96. The average Bonchev–Trinajstić information content (AvgIpc) is 3.56. The zero-order valence-corrected chi connectivity index (χ0v) is 27.8. The van der Waals surface area contributed by atoms with Crippen molar-refractivity contribution in [3.63, 3.8) is 0 Å². The van der Waals surface area contributed by atoms with Gasteiger partial charge in [0.05, 0.1) is 0 Å². The van der Waals surface area contributed by atoms with Gasteiger partial charge in [-0.15, -0.1) is 0 Å². The largest absolute Gasteiger partial charge is 0.456 e. The van der Waals surface area contributed by atoms with Gasteiger partial charge < -0.3 is 14.2 Å². The van der Waals surface area contributed by atoms with Gasteiger partial charge in [0.15, 0.2) is 0 Å². The lowest BCUT2D eigenvalue weighted by atomic mass is 9.99. The monoisotopic (exact) mass is 652 g/mol. The molecule has 0 aliphatic heterocycles. The summed E-state index contributed by atoms with van der Waals surface area (Å²) in [7, 11) is 0. The molecule has 0 atom stereocenters. The molecule has 1 heterocycles. The Labute approximate surface area is 295 Å². The van der Waals surface area contributed by atoms with Crippen molar-refractivity contribution in [2.75, 3.05) is 9.80 Å². The first-order valence-corrected chi connectivity index (χ1v) is 17.3. The SMILES string of the molecule is c1ccc(N(c2ccc(N(c3ccccc3)c3ccc4ccc5cc6oc7ccccc7c6cc5c4c3)cc2)c2ccc3ccccc3c2)cc1. The van der Waals surface area contributed by atoms with Crippen LogP contribution in [0, 0.1) is 0 Å². The molecule has 10 rings (SSSR count). The zero-order chi connectivity index (χ0) is 33.7. The second-order valence-electron chi connectivity index (χ2n) is 13.0. The molecule has 10 aromatic rings. The predicted molar refractivity (Wildman–Crippen MR) is 216 cm³/mol. The molecule has 240 valence electrons. The highest BCUT2D eigenvalue weighted by atomic mass is 16.3. The topological polar surface area (TPSA) is 19.6 Å². The number of furan rings is 1. The first kappa shape index (κ1) is 29.1. The molecule has 3 nitrogen and oxygen atoms in total. The van der Waals surface area contributed by atoms with Crippen molar-refractivity contribution in [3.8, 4) is 0 Å². The summed E-state index contributed by atoms with van der Waals surface area (Å²) in [5.41, 5.74) is 8.43. The lowest BCUT2D eigenvalue weighted by Gasteiger charge is -2.28. The maximum absolute atomic E-state index is 6.24. The lowest BCUT2D eigenvalue weighted by Crippen LogP contribution is -2.12. The highest BCUT2D eigenvalue weighted by Crippen LogP contribution is 2.42. The van der Waals surface area contributed by atoms with Crippen molar-refractivity contribution >= 4 is 88.4 Å². The van der Waals surface area contributed by atoms with Gasteiger partial charge in [-0.3, -0.25) is 0 Å². The number of anilines is 6. The minimum absolute atomic E-state index is 0.915. The normalized spacial score (nSPS) is 11.5. The number of nitrogens with zero attached hydrogens (tertiary/aromatic N) is 2. The second-order valence-corrected chi connectivity index (χ2v) is 13.0. The van der Waals surface area contributed by atoms with E-state index >= 15 is 0 Å². The van der Waals surface area contributed by atoms with Crippen molar-refractivity contribution in [2.45, 2.75) is 0 Å². The van der Waals surface area contributed by atoms with Crippen LogP contribution in [-0.4, -0.2) is 0 Å². The van der Waals surface area contributed by atoms with Gasteiger partial charge in [0, 0.05) is 44.9 Å². The van der Waals surface area contributed by atoms with E-state index in [4.69, 9.17) is 4.42 Å². The van der Waals surface area contributed by atoms with E-state index in [1.54, 1.807) is 0 Å². The van der Waals surface area contributed by atoms with Crippen LogP contribution in [0.4, 0.5) is 34.1 Å². The maximum Gasteiger partial charge on any atom is 0.136 e. The van der Waals surface area contributed by atoms with E-state index in [1.807, 2.05) is 12.1 Å². The zero-order valence-electron chi connectivity index (χ0n) is 27.8. The van der Waals surface area contributed by atoms with Crippen LogP contribution in [-0.2, 0) is 0 Å². The summed E-state index contributed by atoms with van der Waals surface area (Å²) in [5, 5.41) is 9.52. The standard InChI is InChI=1S/C48H32N2O/c1-3-13-37(14-4-1)49(41-23-21-33-11-7-8-12-35(33)29-41)39-25-27-40(28-26-39)50(38-15-5-2-6-16-38)42-24-22-34-19-20-36-30-48-46(32-45(36)44(34)31-42)43-17-9-10-18-47(43)51-48/h1-32H. The Balaban J connectivity index is 1.11. The number of benzene rings is 9. The van der Waals surface area contributed by atoms with Crippen LogP contribution in [0.3, 0.4) is 0 Å². The Morgan fingerprint density at radius 1 is 0.255 bits per heavy atom. The van der Waals surface area contributed by atoms with Gasteiger partial charge in [0.2, 0.25) is 0 Å². The molecule has 0 aliphatic carbocycles. The first-order valence-electron chi connectivity index (χ1n) is 17.3. The molecule has 0 saturated carbocycles. The Kier molecular flexibility index (Phi) is 6.81. The fourth-order valence-corrected chi connectivity index (χ4v) is 7.51. The van der Waals surface area contributed by atoms with Gasteiger partial charge in [-0.1, -0.05) is 103 Å². The predicted octanol–water partition coefficient (Wildman–Crippen LogP) is 14.0. The summed E-state index contributed by atoms with van der Waals surface area (Å²) in [5.74, 6) is 0. The van der Waals surface area contributed by atoms with Crippen molar-refractivity contribution in [1.82, 2.24) is 0 Å². The molecule has 0 bridgehead atoms. The highest BCUT2D eigenvalue weighted by Gasteiger charge is 2.17. The number of fused-ring (bicyclic) bond motifs is 7. The van der Waals surface area contributed by atoms with Crippen molar-refractivity contribution in [2.24, 2.45) is 0 Å². The maximum atomic E-state index is 6.24. The molecule has 0 amide bonds. The molecular formula is C48H32N2O. The smallest absolute Gasteiger partial charge is 0.136 e. The van der Waals surface area contributed by atoms with E-state index in [9.17, 15) is 0 Å². The molecule has 9 aromatic carbocycles. The Hall–Kier alpha value is -6.84. The van der Waals surface area contributed by atoms with Gasteiger partial charge in [-0.25, -0.2) is 0 Å². The summed E-state index contributed by atoms with van der Waals surface area (Å²) in [6.07, 6.45) is 0. The van der Waals surface area contributed by atoms with Crippen molar-refractivity contribution in [1.29, 1.82) is 0 Å². The van der Waals surface area contributed by atoms with Crippen LogP contribution >= 0.6 is 0 Å². The van der Waals surface area contributed by atoms with Crippen molar-refractivity contribution in [3.05, 3.63) is 194 Å².